The van der Waals surface area contributed by atoms with E-state index in [0.717, 1.165) is 13.1 Å². The number of amides is 1. The molecule has 9 nitrogen and oxygen atoms in total. The number of rotatable bonds is 9. The van der Waals surface area contributed by atoms with Crippen LogP contribution >= 0.6 is 11.3 Å². The molecule has 0 unspecified atom stereocenters. The number of thiophene rings is 1. The predicted octanol–water partition coefficient (Wildman–Crippen LogP) is 4.58. The molecule has 3 heterocycles. The highest BCUT2D eigenvalue weighted by atomic mass is 32.1. The molecule has 0 atom stereocenters. The van der Waals surface area contributed by atoms with Gasteiger partial charge in [-0.15, -0.1) is 11.3 Å². The van der Waals surface area contributed by atoms with E-state index in [1.54, 1.807) is 23.3 Å². The highest BCUT2D eigenvalue weighted by Crippen LogP contribution is 2.37. The van der Waals surface area contributed by atoms with Crippen molar-refractivity contribution in [2.75, 3.05) is 55.3 Å². The smallest absolute Gasteiger partial charge is 0.387 e. The van der Waals surface area contributed by atoms with Gasteiger partial charge in [-0.1, -0.05) is 0 Å². The van der Waals surface area contributed by atoms with Gasteiger partial charge in [0.05, 0.1) is 17.1 Å². The fourth-order valence-electron chi connectivity index (χ4n) is 3.84. The maximum absolute atomic E-state index is 15.4. The molecule has 0 radical (unpaired) electrons. The SMILES string of the molecule is CCNC(=O)c1sccc1Nc1nc(Nc2ccc(N3CCN(C)CC3)c(F)c2OC(F)F)ncc1C. The highest BCUT2D eigenvalue weighted by molar-refractivity contribution is 7.12. The molecule has 13 heteroatoms. The lowest BCUT2D eigenvalue weighted by Crippen LogP contribution is -2.44. The summed E-state index contributed by atoms with van der Waals surface area (Å²) >= 11 is 1.28. The van der Waals surface area contributed by atoms with E-state index in [2.05, 4.69) is 35.6 Å². The Morgan fingerprint density at radius 1 is 1.16 bits per heavy atom. The fraction of sp³-hybridized carbons (Fsp3) is 0.375. The second-order valence-electron chi connectivity index (χ2n) is 8.44. The van der Waals surface area contributed by atoms with Crippen LogP contribution in [0.2, 0.25) is 0 Å². The first-order chi connectivity index (χ1) is 17.8. The summed E-state index contributed by atoms with van der Waals surface area (Å²) in [6.07, 6.45) is 1.53. The number of halogens is 3. The second kappa shape index (κ2) is 11.6. The third kappa shape index (κ3) is 6.23. The summed E-state index contributed by atoms with van der Waals surface area (Å²) < 4.78 is 46.4. The fourth-order valence-corrected chi connectivity index (χ4v) is 4.61. The van der Waals surface area contributed by atoms with Gasteiger partial charge < -0.3 is 30.5 Å². The van der Waals surface area contributed by atoms with Gasteiger partial charge in [-0.05, 0) is 44.5 Å². The number of nitrogens with one attached hydrogen (secondary N) is 3. The van der Waals surface area contributed by atoms with Gasteiger partial charge in [-0.2, -0.15) is 13.8 Å². The van der Waals surface area contributed by atoms with Gasteiger partial charge in [-0.3, -0.25) is 4.79 Å². The second-order valence-corrected chi connectivity index (χ2v) is 9.36. The van der Waals surface area contributed by atoms with E-state index in [4.69, 9.17) is 0 Å². The van der Waals surface area contributed by atoms with Crippen LogP contribution in [0.5, 0.6) is 5.75 Å². The van der Waals surface area contributed by atoms with Crippen molar-refractivity contribution in [3.8, 4) is 5.75 Å². The molecule has 3 aromatic rings. The number of ether oxygens (including phenoxy) is 1. The van der Waals surface area contributed by atoms with Gasteiger partial charge in [-0.25, -0.2) is 9.37 Å². The first-order valence-corrected chi connectivity index (χ1v) is 12.6. The molecule has 3 N–H and O–H groups in total. The lowest BCUT2D eigenvalue weighted by Gasteiger charge is -2.34. The van der Waals surface area contributed by atoms with Crippen molar-refractivity contribution in [1.82, 2.24) is 20.2 Å². The molecule has 1 saturated heterocycles. The van der Waals surface area contributed by atoms with Crippen LogP contribution in [0.15, 0.2) is 29.8 Å². The molecule has 4 rings (SSSR count). The molecule has 2 aromatic heterocycles. The number of piperazine rings is 1. The summed E-state index contributed by atoms with van der Waals surface area (Å²) in [5.41, 5.74) is 1.40. The number of likely N-dealkylation sites (N-methyl/N-ethyl adjacent to an activating group) is 1. The summed E-state index contributed by atoms with van der Waals surface area (Å²) in [7, 11) is 1.97. The molecule has 1 aliphatic rings. The largest absolute Gasteiger partial charge is 0.429 e. The van der Waals surface area contributed by atoms with Crippen LogP contribution in [0, 0.1) is 12.7 Å². The number of aryl methyl sites for hydroxylation is 1. The molecule has 1 aliphatic heterocycles. The molecule has 1 amide bonds. The molecule has 0 bridgehead atoms. The van der Waals surface area contributed by atoms with Crippen LogP contribution in [0.25, 0.3) is 0 Å². The molecule has 0 aliphatic carbocycles. The van der Waals surface area contributed by atoms with Gasteiger partial charge in [0.2, 0.25) is 5.95 Å². The van der Waals surface area contributed by atoms with E-state index in [1.165, 1.54) is 29.7 Å². The monoisotopic (exact) mass is 535 g/mol. The molecule has 0 spiro atoms. The Labute approximate surface area is 216 Å². The van der Waals surface area contributed by atoms with Crippen molar-refractivity contribution in [1.29, 1.82) is 0 Å². The Bertz CT molecular complexity index is 1250. The normalized spacial score (nSPS) is 14.1. The predicted molar refractivity (Wildman–Crippen MR) is 138 cm³/mol. The van der Waals surface area contributed by atoms with Gasteiger partial charge >= 0.3 is 6.61 Å². The average molecular weight is 536 g/mol. The molecule has 1 fully saturated rings. The Balaban J connectivity index is 1.60. The minimum Gasteiger partial charge on any atom is -0.429 e. The minimum absolute atomic E-state index is 0.0359. The van der Waals surface area contributed by atoms with Crippen molar-refractivity contribution in [3.63, 3.8) is 0 Å². The first-order valence-electron chi connectivity index (χ1n) is 11.7. The van der Waals surface area contributed by atoms with Gasteiger partial charge in [0, 0.05) is 44.5 Å². The van der Waals surface area contributed by atoms with Crippen LogP contribution in [0.4, 0.5) is 42.0 Å². The Morgan fingerprint density at radius 2 is 1.92 bits per heavy atom. The third-order valence-corrected chi connectivity index (χ3v) is 6.72. The number of benzene rings is 1. The van der Waals surface area contributed by atoms with E-state index in [9.17, 15) is 13.6 Å². The van der Waals surface area contributed by atoms with Crippen LogP contribution in [-0.2, 0) is 0 Å². The van der Waals surface area contributed by atoms with Gasteiger partial charge in [0.1, 0.15) is 10.7 Å². The van der Waals surface area contributed by atoms with E-state index in [1.807, 2.05) is 14.0 Å². The molecule has 37 heavy (non-hydrogen) atoms. The lowest BCUT2D eigenvalue weighted by molar-refractivity contribution is -0.0516. The number of nitrogens with zero attached hydrogens (tertiary/aromatic N) is 4. The zero-order valence-electron chi connectivity index (χ0n) is 20.6. The summed E-state index contributed by atoms with van der Waals surface area (Å²) in [5.74, 6) is -1.28. The maximum atomic E-state index is 15.4. The van der Waals surface area contributed by atoms with Crippen LogP contribution in [0.1, 0.15) is 22.2 Å². The number of anilines is 5. The number of aromatic nitrogens is 2. The summed E-state index contributed by atoms with van der Waals surface area (Å²) in [4.78, 5) is 25.3. The average Bonchev–Trinajstić information content (AvgIpc) is 3.32. The van der Waals surface area contributed by atoms with Gasteiger partial charge in [0.25, 0.3) is 5.91 Å². The summed E-state index contributed by atoms with van der Waals surface area (Å²) in [5, 5.41) is 10.5. The third-order valence-electron chi connectivity index (χ3n) is 5.81. The van der Waals surface area contributed by atoms with Gasteiger partial charge in [0.15, 0.2) is 11.6 Å². The Kier molecular flexibility index (Phi) is 8.34. The summed E-state index contributed by atoms with van der Waals surface area (Å²) in [6, 6.07) is 4.75. The number of hydrogen-bond acceptors (Lipinski definition) is 9. The van der Waals surface area contributed by atoms with Crippen molar-refractivity contribution in [3.05, 3.63) is 46.0 Å². The van der Waals surface area contributed by atoms with Crippen LogP contribution < -0.4 is 25.6 Å². The minimum atomic E-state index is -3.22. The van der Waals surface area contributed by atoms with E-state index < -0.39 is 18.2 Å². The van der Waals surface area contributed by atoms with Crippen LogP contribution in [0.3, 0.4) is 0 Å². The molecular weight excluding hydrogens is 507 g/mol. The maximum Gasteiger partial charge on any atom is 0.387 e. The molecular formula is C24H28F3N7O2S. The van der Waals surface area contributed by atoms with Crippen molar-refractivity contribution in [2.45, 2.75) is 20.5 Å². The zero-order valence-corrected chi connectivity index (χ0v) is 21.5. The Hall–Kier alpha value is -3.58. The lowest BCUT2D eigenvalue weighted by atomic mass is 10.2. The molecule has 0 saturated carbocycles. The number of hydrogen-bond donors (Lipinski definition) is 3. The first kappa shape index (κ1) is 26.5. The quantitative estimate of drug-likeness (QED) is 0.367. The number of carbonyl (C=O) groups excluding carboxylic acids is 1. The molecule has 198 valence electrons. The summed E-state index contributed by atoms with van der Waals surface area (Å²) in [6.45, 7) is 3.45. The number of carbonyl (C=O) groups is 1. The van der Waals surface area contributed by atoms with Crippen molar-refractivity contribution < 1.29 is 22.7 Å². The molecule has 1 aromatic carbocycles. The van der Waals surface area contributed by atoms with Crippen molar-refractivity contribution >= 4 is 46.1 Å². The topological polar surface area (TPSA) is 94.6 Å². The Morgan fingerprint density at radius 3 is 2.62 bits per heavy atom. The van der Waals surface area contributed by atoms with E-state index in [-0.39, 0.29) is 23.2 Å². The number of alkyl halides is 2. The van der Waals surface area contributed by atoms with Crippen molar-refractivity contribution in [2.24, 2.45) is 0 Å². The van der Waals surface area contributed by atoms with Crippen LogP contribution in [-0.4, -0.2) is 67.2 Å². The highest BCUT2D eigenvalue weighted by Gasteiger charge is 2.24. The van der Waals surface area contributed by atoms with E-state index >= 15 is 4.39 Å². The van der Waals surface area contributed by atoms with E-state index in [0.29, 0.717) is 41.6 Å². The standard InChI is InChI=1S/C24H28F3N7O2S/c1-4-28-22(35)20-16(7-12-37-20)30-21-14(2)13-29-24(32-21)31-15-5-6-17(18(25)19(15)36-23(26)27)34-10-8-33(3)9-11-34/h5-7,12-13,23H,4,8-11H2,1-3H3,(H,28,35)(H2,29,30,31,32). The zero-order chi connectivity index (χ0) is 26.5.